The number of benzene rings is 1. The largest absolute Gasteiger partial charge is 0.353 e. The lowest BCUT2D eigenvalue weighted by atomic mass is 10.1. The predicted molar refractivity (Wildman–Crippen MR) is 77.2 cm³/mol. The van der Waals surface area contributed by atoms with E-state index in [1.54, 1.807) is 24.3 Å². The third kappa shape index (κ3) is 2.89. The molecule has 1 aromatic carbocycles. The molecule has 0 radical (unpaired) electrons. The summed E-state index contributed by atoms with van der Waals surface area (Å²) in [5.74, 6) is 0.378. The average molecular weight is 290 g/mol. The van der Waals surface area contributed by atoms with E-state index in [1.165, 1.54) is 12.1 Å². The first-order chi connectivity index (χ1) is 9.52. The van der Waals surface area contributed by atoms with Gasteiger partial charge < -0.3 is 4.90 Å². The average Bonchev–Trinajstić information content (AvgIpc) is 2.47. The van der Waals surface area contributed by atoms with E-state index in [0.717, 1.165) is 5.56 Å². The smallest absolute Gasteiger partial charge is 0.161 e. The molecule has 5 heteroatoms. The summed E-state index contributed by atoms with van der Waals surface area (Å²) in [6.07, 6.45) is 0. The van der Waals surface area contributed by atoms with Crippen LogP contribution >= 0.6 is 11.6 Å². The van der Waals surface area contributed by atoms with E-state index in [2.05, 4.69) is 4.98 Å². The maximum atomic E-state index is 12.9. The highest BCUT2D eigenvalue weighted by molar-refractivity contribution is 6.31. The Morgan fingerprint density at radius 1 is 1.25 bits per heavy atom. The number of nitriles is 1. The molecule has 1 atom stereocenters. The summed E-state index contributed by atoms with van der Waals surface area (Å²) in [6.45, 7) is 1.98. The third-order valence-electron chi connectivity index (χ3n) is 3.23. The Hall–Kier alpha value is -2.12. The van der Waals surface area contributed by atoms with Crippen molar-refractivity contribution in [2.24, 2.45) is 0 Å². The zero-order valence-corrected chi connectivity index (χ0v) is 11.9. The van der Waals surface area contributed by atoms with E-state index in [-0.39, 0.29) is 17.6 Å². The van der Waals surface area contributed by atoms with Crippen LogP contribution in [0.5, 0.6) is 0 Å². The minimum absolute atomic E-state index is 0.00387. The molecule has 2 rings (SSSR count). The molecule has 1 heterocycles. The fourth-order valence-electron chi connectivity index (χ4n) is 1.87. The quantitative estimate of drug-likeness (QED) is 0.859. The highest BCUT2D eigenvalue weighted by atomic mass is 35.5. The maximum Gasteiger partial charge on any atom is 0.161 e. The van der Waals surface area contributed by atoms with Crippen LogP contribution < -0.4 is 4.90 Å². The van der Waals surface area contributed by atoms with Gasteiger partial charge in [0.1, 0.15) is 17.7 Å². The SMILES string of the molecule is CC(c1ccc(F)cc1)N(C)c1ccc(Cl)c(C#N)n1. The van der Waals surface area contributed by atoms with Gasteiger partial charge in [0.05, 0.1) is 11.1 Å². The van der Waals surface area contributed by atoms with Gasteiger partial charge in [0, 0.05) is 7.05 Å². The van der Waals surface area contributed by atoms with Gasteiger partial charge in [-0.1, -0.05) is 23.7 Å². The number of rotatable bonds is 3. The second-order valence-corrected chi connectivity index (χ2v) is 4.86. The Labute approximate surface area is 122 Å². The topological polar surface area (TPSA) is 39.9 Å². The van der Waals surface area contributed by atoms with Gasteiger partial charge in [0.2, 0.25) is 0 Å². The minimum atomic E-state index is -0.264. The zero-order chi connectivity index (χ0) is 14.7. The zero-order valence-electron chi connectivity index (χ0n) is 11.1. The second kappa shape index (κ2) is 5.89. The lowest BCUT2D eigenvalue weighted by Gasteiger charge is -2.26. The molecule has 0 N–H and O–H groups in total. The van der Waals surface area contributed by atoms with Gasteiger partial charge in [0.15, 0.2) is 5.69 Å². The molecule has 3 nitrogen and oxygen atoms in total. The van der Waals surface area contributed by atoms with Gasteiger partial charge in [0.25, 0.3) is 0 Å². The van der Waals surface area contributed by atoms with Gasteiger partial charge in [-0.05, 0) is 36.8 Å². The molecule has 20 heavy (non-hydrogen) atoms. The van der Waals surface area contributed by atoms with Crippen LogP contribution in [0.1, 0.15) is 24.2 Å². The molecule has 0 fully saturated rings. The summed E-state index contributed by atoms with van der Waals surface area (Å²) in [4.78, 5) is 6.12. The lowest BCUT2D eigenvalue weighted by Crippen LogP contribution is -2.22. The first kappa shape index (κ1) is 14.3. The van der Waals surface area contributed by atoms with Crippen LogP contribution in [0.15, 0.2) is 36.4 Å². The fraction of sp³-hybridized carbons (Fsp3) is 0.200. The van der Waals surface area contributed by atoms with Crippen molar-refractivity contribution < 1.29 is 4.39 Å². The van der Waals surface area contributed by atoms with E-state index in [0.29, 0.717) is 10.8 Å². The molecule has 0 saturated heterocycles. The molecule has 0 saturated carbocycles. The normalized spacial score (nSPS) is 11.8. The summed E-state index contributed by atoms with van der Waals surface area (Å²) >= 11 is 5.87. The molecule has 0 bridgehead atoms. The van der Waals surface area contributed by atoms with Crippen molar-refractivity contribution in [2.75, 3.05) is 11.9 Å². The van der Waals surface area contributed by atoms with Gasteiger partial charge in [-0.3, -0.25) is 0 Å². The van der Waals surface area contributed by atoms with E-state index in [4.69, 9.17) is 16.9 Å². The summed E-state index contributed by atoms with van der Waals surface area (Å²) in [5, 5.41) is 9.29. The van der Waals surface area contributed by atoms with E-state index in [9.17, 15) is 4.39 Å². The van der Waals surface area contributed by atoms with Gasteiger partial charge in [-0.15, -0.1) is 0 Å². The molecule has 1 unspecified atom stereocenters. The Balaban J connectivity index is 2.29. The molecule has 102 valence electrons. The molecule has 2 aromatic rings. The number of anilines is 1. The fourth-order valence-corrected chi connectivity index (χ4v) is 2.02. The summed E-state index contributed by atoms with van der Waals surface area (Å²) in [7, 11) is 1.87. The molecule has 0 aliphatic rings. The number of hydrogen-bond donors (Lipinski definition) is 0. The van der Waals surface area contributed by atoms with Crippen LogP contribution in [0.3, 0.4) is 0 Å². The lowest BCUT2D eigenvalue weighted by molar-refractivity contribution is 0.625. The number of halogens is 2. The molecule has 0 aliphatic heterocycles. The number of hydrogen-bond acceptors (Lipinski definition) is 3. The standard InChI is InChI=1S/C15H13ClFN3/c1-10(11-3-5-12(17)6-4-11)20(2)15-8-7-13(16)14(9-18)19-15/h3-8,10H,1-2H3. The summed E-state index contributed by atoms with van der Waals surface area (Å²) in [6, 6.07) is 11.7. The molecule has 0 aliphatic carbocycles. The first-order valence-electron chi connectivity index (χ1n) is 6.08. The third-order valence-corrected chi connectivity index (χ3v) is 3.54. The number of aromatic nitrogens is 1. The summed E-state index contributed by atoms with van der Waals surface area (Å²) in [5.41, 5.74) is 1.16. The van der Waals surface area contributed by atoms with Gasteiger partial charge in [-0.25, -0.2) is 9.37 Å². The number of nitrogens with zero attached hydrogens (tertiary/aromatic N) is 3. The van der Waals surface area contributed by atoms with Crippen LogP contribution in [0.4, 0.5) is 10.2 Å². The van der Waals surface area contributed by atoms with Crippen LogP contribution in [0, 0.1) is 17.1 Å². The monoisotopic (exact) mass is 289 g/mol. The number of pyridine rings is 1. The molecule has 1 aromatic heterocycles. The van der Waals surface area contributed by atoms with Crippen LogP contribution in [0.25, 0.3) is 0 Å². The highest BCUT2D eigenvalue weighted by Gasteiger charge is 2.15. The minimum Gasteiger partial charge on any atom is -0.353 e. The van der Waals surface area contributed by atoms with Gasteiger partial charge >= 0.3 is 0 Å². The van der Waals surface area contributed by atoms with Crippen molar-refractivity contribution in [1.82, 2.24) is 4.98 Å². The second-order valence-electron chi connectivity index (χ2n) is 4.45. The van der Waals surface area contributed by atoms with Crippen molar-refractivity contribution in [3.8, 4) is 6.07 Å². The molecular formula is C15H13ClFN3. The van der Waals surface area contributed by atoms with Crippen molar-refractivity contribution in [3.05, 3.63) is 58.5 Å². The van der Waals surface area contributed by atoms with Gasteiger partial charge in [-0.2, -0.15) is 5.26 Å². The van der Waals surface area contributed by atoms with Crippen LogP contribution in [-0.4, -0.2) is 12.0 Å². The first-order valence-corrected chi connectivity index (χ1v) is 6.45. The van der Waals surface area contributed by atoms with E-state index < -0.39 is 0 Å². The summed E-state index contributed by atoms with van der Waals surface area (Å²) < 4.78 is 12.9. The highest BCUT2D eigenvalue weighted by Crippen LogP contribution is 2.25. The Kier molecular flexibility index (Phi) is 4.21. The van der Waals surface area contributed by atoms with Crippen LogP contribution in [-0.2, 0) is 0 Å². The Bertz CT molecular complexity index is 649. The maximum absolute atomic E-state index is 12.9. The molecular weight excluding hydrogens is 277 g/mol. The van der Waals surface area contributed by atoms with Crippen molar-refractivity contribution in [2.45, 2.75) is 13.0 Å². The Morgan fingerprint density at radius 3 is 2.50 bits per heavy atom. The van der Waals surface area contributed by atoms with Crippen molar-refractivity contribution >= 4 is 17.4 Å². The van der Waals surface area contributed by atoms with Crippen molar-refractivity contribution in [3.63, 3.8) is 0 Å². The van der Waals surface area contributed by atoms with E-state index >= 15 is 0 Å². The van der Waals surface area contributed by atoms with Crippen molar-refractivity contribution in [1.29, 1.82) is 5.26 Å². The Morgan fingerprint density at radius 2 is 1.90 bits per heavy atom. The molecule has 0 spiro atoms. The van der Waals surface area contributed by atoms with Crippen LogP contribution in [0.2, 0.25) is 5.02 Å². The molecule has 0 amide bonds. The van der Waals surface area contributed by atoms with E-state index in [1.807, 2.05) is 24.9 Å². The predicted octanol–water partition coefficient (Wildman–Crippen LogP) is 3.94.